The lowest BCUT2D eigenvalue weighted by atomic mass is 10.2. The number of carbonyl (C=O) groups is 1. The van der Waals surface area contributed by atoms with Gasteiger partial charge in [-0.1, -0.05) is 15.9 Å². The zero-order valence-corrected chi connectivity index (χ0v) is 11.1. The number of alkyl halides is 1. The van der Waals surface area contributed by atoms with Crippen LogP contribution in [0.5, 0.6) is 0 Å². The second-order valence-electron chi connectivity index (χ2n) is 3.61. The summed E-state index contributed by atoms with van der Waals surface area (Å²) in [5.41, 5.74) is 3.16. The molecule has 0 saturated carbocycles. The molecule has 1 unspecified atom stereocenters. The third kappa shape index (κ3) is 2.81. The zero-order valence-electron chi connectivity index (χ0n) is 9.47. The fourth-order valence-electron chi connectivity index (χ4n) is 1.39. The van der Waals surface area contributed by atoms with Gasteiger partial charge in [0.05, 0.1) is 10.5 Å². The third-order valence-electron chi connectivity index (χ3n) is 2.46. The summed E-state index contributed by atoms with van der Waals surface area (Å²) in [5.74, 6) is -0.00217. The predicted molar refractivity (Wildman–Crippen MR) is 62.9 cm³/mol. The first-order valence-electron chi connectivity index (χ1n) is 4.84. The Balaban J connectivity index is 2.69. The maximum absolute atomic E-state index is 11.4. The summed E-state index contributed by atoms with van der Waals surface area (Å²) in [5, 5.41) is 7.14. The SMILES string of the molecule is Cc1nn(C)c(C)c1CNC(=O)C(C)Br. The van der Waals surface area contributed by atoms with Crippen LogP contribution in [-0.4, -0.2) is 20.5 Å². The number of halogens is 1. The van der Waals surface area contributed by atoms with Gasteiger partial charge in [-0.2, -0.15) is 5.10 Å². The first kappa shape index (κ1) is 12.2. The van der Waals surface area contributed by atoms with E-state index in [4.69, 9.17) is 0 Å². The highest BCUT2D eigenvalue weighted by Gasteiger charge is 2.12. The minimum atomic E-state index is -0.158. The maximum atomic E-state index is 11.4. The van der Waals surface area contributed by atoms with Crippen LogP contribution in [0, 0.1) is 13.8 Å². The molecule has 1 aromatic heterocycles. The minimum absolute atomic E-state index is 0.00217. The smallest absolute Gasteiger partial charge is 0.233 e. The largest absolute Gasteiger partial charge is 0.351 e. The summed E-state index contributed by atoms with van der Waals surface area (Å²) in [6.45, 7) is 6.30. The van der Waals surface area contributed by atoms with Crippen molar-refractivity contribution >= 4 is 21.8 Å². The summed E-state index contributed by atoms with van der Waals surface area (Å²) < 4.78 is 1.83. The molecular formula is C10H16BrN3O. The lowest BCUT2D eigenvalue weighted by Crippen LogP contribution is -2.29. The van der Waals surface area contributed by atoms with Crippen molar-refractivity contribution in [2.75, 3.05) is 0 Å². The van der Waals surface area contributed by atoms with Gasteiger partial charge in [0.1, 0.15) is 0 Å². The molecule has 1 rings (SSSR count). The quantitative estimate of drug-likeness (QED) is 0.848. The fraction of sp³-hybridized carbons (Fsp3) is 0.600. The van der Waals surface area contributed by atoms with Crippen LogP contribution in [0.15, 0.2) is 0 Å². The Hall–Kier alpha value is -0.840. The van der Waals surface area contributed by atoms with Crippen LogP contribution in [0.1, 0.15) is 23.9 Å². The first-order chi connectivity index (χ1) is 6.93. The maximum Gasteiger partial charge on any atom is 0.233 e. The summed E-state index contributed by atoms with van der Waals surface area (Å²) >= 11 is 3.22. The second-order valence-corrected chi connectivity index (χ2v) is 4.98. The molecule has 0 spiro atoms. The highest BCUT2D eigenvalue weighted by molar-refractivity contribution is 9.10. The van der Waals surface area contributed by atoms with Gasteiger partial charge in [-0.25, -0.2) is 0 Å². The molecule has 0 aliphatic carbocycles. The number of amides is 1. The van der Waals surface area contributed by atoms with E-state index in [-0.39, 0.29) is 10.7 Å². The zero-order chi connectivity index (χ0) is 11.6. The summed E-state index contributed by atoms with van der Waals surface area (Å²) in [6, 6.07) is 0. The Labute approximate surface area is 98.2 Å². The van der Waals surface area contributed by atoms with Crippen LogP contribution in [0.2, 0.25) is 0 Å². The number of aryl methyl sites for hydroxylation is 2. The Bertz CT molecular complexity index is 371. The molecular weight excluding hydrogens is 258 g/mol. The molecule has 0 aliphatic heterocycles. The summed E-state index contributed by atoms with van der Waals surface area (Å²) in [4.78, 5) is 11.2. The van der Waals surface area contributed by atoms with Crippen LogP contribution in [0.3, 0.4) is 0 Å². The molecule has 0 aliphatic rings. The van der Waals surface area contributed by atoms with E-state index in [1.54, 1.807) is 6.92 Å². The Morgan fingerprint density at radius 1 is 1.60 bits per heavy atom. The van der Waals surface area contributed by atoms with Crippen LogP contribution in [0.4, 0.5) is 0 Å². The van der Waals surface area contributed by atoms with E-state index in [1.165, 1.54) is 0 Å². The van der Waals surface area contributed by atoms with Gasteiger partial charge in [0.15, 0.2) is 0 Å². The molecule has 1 aromatic rings. The van der Waals surface area contributed by atoms with Gasteiger partial charge in [-0.15, -0.1) is 0 Å². The van der Waals surface area contributed by atoms with E-state index in [1.807, 2.05) is 25.6 Å². The molecule has 1 atom stereocenters. The van der Waals surface area contributed by atoms with Crippen molar-refractivity contribution in [2.45, 2.75) is 32.1 Å². The van der Waals surface area contributed by atoms with Crippen molar-refractivity contribution in [1.29, 1.82) is 0 Å². The number of hydrogen-bond donors (Lipinski definition) is 1. The second kappa shape index (κ2) is 4.79. The van der Waals surface area contributed by atoms with Gasteiger partial charge in [0.2, 0.25) is 5.91 Å². The lowest BCUT2D eigenvalue weighted by Gasteiger charge is -2.06. The van der Waals surface area contributed by atoms with Crippen LogP contribution >= 0.6 is 15.9 Å². The van der Waals surface area contributed by atoms with E-state index in [9.17, 15) is 4.79 Å². The average Bonchev–Trinajstić information content (AvgIpc) is 2.38. The minimum Gasteiger partial charge on any atom is -0.351 e. The van der Waals surface area contributed by atoms with E-state index in [0.717, 1.165) is 17.0 Å². The van der Waals surface area contributed by atoms with E-state index in [2.05, 4.69) is 26.3 Å². The molecule has 1 heterocycles. The molecule has 4 nitrogen and oxygen atoms in total. The summed E-state index contributed by atoms with van der Waals surface area (Å²) in [7, 11) is 1.90. The van der Waals surface area contributed by atoms with Gasteiger partial charge in [0, 0.05) is 24.8 Å². The molecule has 1 amide bonds. The van der Waals surface area contributed by atoms with Gasteiger partial charge >= 0.3 is 0 Å². The van der Waals surface area contributed by atoms with Crippen molar-refractivity contribution in [1.82, 2.24) is 15.1 Å². The van der Waals surface area contributed by atoms with Crippen molar-refractivity contribution < 1.29 is 4.79 Å². The number of aromatic nitrogens is 2. The number of hydrogen-bond acceptors (Lipinski definition) is 2. The molecule has 0 aromatic carbocycles. The van der Waals surface area contributed by atoms with Gasteiger partial charge < -0.3 is 5.32 Å². The first-order valence-corrected chi connectivity index (χ1v) is 5.76. The molecule has 0 radical (unpaired) electrons. The van der Waals surface area contributed by atoms with Crippen molar-refractivity contribution in [3.05, 3.63) is 17.0 Å². The lowest BCUT2D eigenvalue weighted by molar-refractivity contribution is -0.120. The molecule has 5 heteroatoms. The monoisotopic (exact) mass is 273 g/mol. The highest BCUT2D eigenvalue weighted by atomic mass is 79.9. The van der Waals surface area contributed by atoms with Crippen LogP contribution in [0.25, 0.3) is 0 Å². The fourth-order valence-corrected chi connectivity index (χ4v) is 1.55. The average molecular weight is 274 g/mol. The van der Waals surface area contributed by atoms with Crippen LogP contribution < -0.4 is 5.32 Å². The Morgan fingerprint density at radius 3 is 2.60 bits per heavy atom. The topological polar surface area (TPSA) is 46.9 Å². The van der Waals surface area contributed by atoms with Crippen molar-refractivity contribution in [3.63, 3.8) is 0 Å². The van der Waals surface area contributed by atoms with Crippen molar-refractivity contribution in [2.24, 2.45) is 7.05 Å². The third-order valence-corrected chi connectivity index (χ3v) is 2.88. The molecule has 84 valence electrons. The number of rotatable bonds is 3. The molecule has 0 bridgehead atoms. The molecule has 1 N–H and O–H groups in total. The normalized spacial score (nSPS) is 12.6. The van der Waals surface area contributed by atoms with Gasteiger partial charge in [-0.05, 0) is 20.8 Å². The Morgan fingerprint density at radius 2 is 2.20 bits per heavy atom. The summed E-state index contributed by atoms with van der Waals surface area (Å²) in [6.07, 6.45) is 0. The van der Waals surface area contributed by atoms with Gasteiger partial charge in [0.25, 0.3) is 0 Å². The van der Waals surface area contributed by atoms with E-state index >= 15 is 0 Å². The van der Waals surface area contributed by atoms with Crippen LogP contribution in [-0.2, 0) is 18.4 Å². The predicted octanol–water partition coefficient (Wildman–Crippen LogP) is 1.44. The molecule has 15 heavy (non-hydrogen) atoms. The number of nitrogens with zero attached hydrogens (tertiary/aromatic N) is 2. The molecule has 0 saturated heterocycles. The number of nitrogens with one attached hydrogen (secondary N) is 1. The van der Waals surface area contributed by atoms with E-state index in [0.29, 0.717) is 6.54 Å². The van der Waals surface area contributed by atoms with Crippen molar-refractivity contribution in [3.8, 4) is 0 Å². The Kier molecular flexibility index (Phi) is 3.90. The standard InChI is InChI=1S/C10H16BrN3O/c1-6(11)10(15)12-5-9-7(2)13-14(4)8(9)3/h6H,5H2,1-4H3,(H,12,15). The highest BCUT2D eigenvalue weighted by Crippen LogP contribution is 2.11. The number of carbonyl (C=O) groups excluding carboxylic acids is 1. The van der Waals surface area contributed by atoms with E-state index < -0.39 is 0 Å². The molecule has 0 fully saturated rings. The van der Waals surface area contributed by atoms with Gasteiger partial charge in [-0.3, -0.25) is 9.48 Å².